The fourth-order valence-electron chi connectivity index (χ4n) is 2.50. The maximum atomic E-state index is 5.20. The molecule has 1 heterocycles. The number of methoxy groups -OCH3 is 1. The lowest BCUT2D eigenvalue weighted by atomic mass is 10.1. The second kappa shape index (κ2) is 4.31. The summed E-state index contributed by atoms with van der Waals surface area (Å²) in [4.78, 5) is 0. The summed E-state index contributed by atoms with van der Waals surface area (Å²) in [6.45, 7) is 4.54. The van der Waals surface area contributed by atoms with Crippen LogP contribution >= 0.6 is 0 Å². The summed E-state index contributed by atoms with van der Waals surface area (Å²) in [5.74, 6) is 0. The van der Waals surface area contributed by atoms with Crippen molar-refractivity contribution in [1.82, 2.24) is 4.57 Å². The van der Waals surface area contributed by atoms with Crippen LogP contribution in [0.25, 0.3) is 28.0 Å². The molecule has 1 aromatic heterocycles. The van der Waals surface area contributed by atoms with Crippen molar-refractivity contribution in [2.45, 2.75) is 6.61 Å². The van der Waals surface area contributed by atoms with Gasteiger partial charge in [0.05, 0.1) is 17.6 Å². The number of para-hydroxylation sites is 1. The van der Waals surface area contributed by atoms with Gasteiger partial charge >= 0.3 is 0 Å². The Balaban J connectivity index is 2.41. The van der Waals surface area contributed by atoms with Crippen LogP contribution in [0.1, 0.15) is 5.56 Å². The zero-order valence-electron chi connectivity index (χ0n) is 10.4. The smallest absolute Gasteiger partial charge is 0.0713 e. The van der Waals surface area contributed by atoms with Gasteiger partial charge in [0.1, 0.15) is 0 Å². The molecule has 0 radical (unpaired) electrons. The van der Waals surface area contributed by atoms with Gasteiger partial charge in [-0.25, -0.2) is 0 Å². The van der Waals surface area contributed by atoms with E-state index in [9.17, 15) is 0 Å². The van der Waals surface area contributed by atoms with E-state index in [4.69, 9.17) is 4.74 Å². The van der Waals surface area contributed by atoms with Crippen LogP contribution in [0.4, 0.5) is 0 Å². The highest BCUT2D eigenvalue weighted by Crippen LogP contribution is 2.29. The molecule has 0 aliphatic heterocycles. The van der Waals surface area contributed by atoms with Crippen LogP contribution in [-0.4, -0.2) is 11.7 Å². The molecule has 0 aliphatic rings. The molecule has 2 aromatic carbocycles. The Kier molecular flexibility index (Phi) is 2.65. The predicted molar refractivity (Wildman–Crippen MR) is 76.5 cm³/mol. The van der Waals surface area contributed by atoms with E-state index in [1.165, 1.54) is 27.4 Å². The Bertz CT molecular complexity index is 724. The number of ether oxygens (including phenoxy) is 1. The first kappa shape index (κ1) is 11.1. The van der Waals surface area contributed by atoms with Crippen LogP contribution in [0.15, 0.2) is 49.0 Å². The van der Waals surface area contributed by atoms with E-state index < -0.39 is 0 Å². The minimum atomic E-state index is 0.642. The van der Waals surface area contributed by atoms with Gasteiger partial charge in [-0.15, -0.1) is 0 Å². The van der Waals surface area contributed by atoms with Crippen LogP contribution in [0.3, 0.4) is 0 Å². The first-order valence-corrected chi connectivity index (χ1v) is 5.98. The van der Waals surface area contributed by atoms with Gasteiger partial charge in [0.2, 0.25) is 0 Å². The minimum absolute atomic E-state index is 0.642. The molecule has 0 saturated heterocycles. The van der Waals surface area contributed by atoms with Gasteiger partial charge in [-0.3, -0.25) is 0 Å². The van der Waals surface area contributed by atoms with Crippen molar-refractivity contribution in [3.8, 4) is 0 Å². The van der Waals surface area contributed by atoms with Crippen molar-refractivity contribution < 1.29 is 4.74 Å². The quantitative estimate of drug-likeness (QED) is 0.670. The highest BCUT2D eigenvalue weighted by Gasteiger charge is 2.08. The van der Waals surface area contributed by atoms with Crippen LogP contribution < -0.4 is 0 Å². The summed E-state index contributed by atoms with van der Waals surface area (Å²) >= 11 is 0. The zero-order valence-corrected chi connectivity index (χ0v) is 10.4. The normalized spacial score (nSPS) is 11.2. The summed E-state index contributed by atoms with van der Waals surface area (Å²) < 4.78 is 7.32. The molecule has 2 nitrogen and oxygen atoms in total. The standard InChI is InChI=1S/C16H15NO/c1-3-17-15-7-5-4-6-13(15)14-10-12(11-18-2)8-9-16(14)17/h3-10H,1,11H2,2H3. The highest BCUT2D eigenvalue weighted by atomic mass is 16.5. The average molecular weight is 237 g/mol. The first-order chi connectivity index (χ1) is 8.85. The Morgan fingerprint density at radius 2 is 1.89 bits per heavy atom. The Morgan fingerprint density at radius 3 is 2.67 bits per heavy atom. The van der Waals surface area contributed by atoms with Gasteiger partial charge in [0, 0.05) is 24.1 Å². The maximum Gasteiger partial charge on any atom is 0.0713 e. The molecule has 0 bridgehead atoms. The van der Waals surface area contributed by atoms with E-state index in [0.29, 0.717) is 6.61 Å². The van der Waals surface area contributed by atoms with Gasteiger partial charge < -0.3 is 9.30 Å². The molecule has 0 spiro atoms. The van der Waals surface area contributed by atoms with Crippen molar-refractivity contribution in [1.29, 1.82) is 0 Å². The molecule has 0 atom stereocenters. The van der Waals surface area contributed by atoms with Crippen molar-refractivity contribution >= 4 is 28.0 Å². The molecule has 3 rings (SSSR count). The van der Waals surface area contributed by atoms with Crippen LogP contribution in [-0.2, 0) is 11.3 Å². The summed E-state index contributed by atoms with van der Waals surface area (Å²) in [5, 5.41) is 2.51. The summed E-state index contributed by atoms with van der Waals surface area (Å²) in [6.07, 6.45) is 1.86. The third-order valence-electron chi connectivity index (χ3n) is 3.27. The van der Waals surface area contributed by atoms with Crippen molar-refractivity contribution in [2.75, 3.05) is 7.11 Å². The van der Waals surface area contributed by atoms with Crippen molar-refractivity contribution in [3.63, 3.8) is 0 Å². The van der Waals surface area contributed by atoms with E-state index in [-0.39, 0.29) is 0 Å². The fraction of sp³-hybridized carbons (Fsp3) is 0.125. The molecule has 2 heteroatoms. The number of benzene rings is 2. The largest absolute Gasteiger partial charge is 0.380 e. The molecular weight excluding hydrogens is 222 g/mol. The molecule has 0 N–H and O–H groups in total. The van der Waals surface area contributed by atoms with Crippen LogP contribution in [0, 0.1) is 0 Å². The third kappa shape index (κ3) is 1.54. The number of hydrogen-bond acceptors (Lipinski definition) is 1. The molecule has 18 heavy (non-hydrogen) atoms. The van der Waals surface area contributed by atoms with Gasteiger partial charge in [-0.1, -0.05) is 30.8 Å². The molecule has 0 fully saturated rings. The monoisotopic (exact) mass is 237 g/mol. The lowest BCUT2D eigenvalue weighted by Gasteiger charge is -2.01. The van der Waals surface area contributed by atoms with Gasteiger partial charge in [0.25, 0.3) is 0 Å². The topological polar surface area (TPSA) is 14.2 Å². The molecular formula is C16H15NO. The first-order valence-electron chi connectivity index (χ1n) is 5.98. The Morgan fingerprint density at radius 1 is 1.11 bits per heavy atom. The number of hydrogen-bond donors (Lipinski definition) is 0. The number of nitrogens with zero attached hydrogens (tertiary/aromatic N) is 1. The second-order valence-corrected chi connectivity index (χ2v) is 4.35. The Hall–Kier alpha value is -2.06. The summed E-state index contributed by atoms with van der Waals surface area (Å²) in [7, 11) is 1.72. The molecule has 0 aliphatic carbocycles. The highest BCUT2D eigenvalue weighted by molar-refractivity contribution is 6.09. The number of aromatic nitrogens is 1. The lowest BCUT2D eigenvalue weighted by molar-refractivity contribution is 0.185. The molecule has 0 unspecified atom stereocenters. The van der Waals surface area contributed by atoms with Gasteiger partial charge in [-0.05, 0) is 23.8 Å². The minimum Gasteiger partial charge on any atom is -0.380 e. The van der Waals surface area contributed by atoms with Crippen molar-refractivity contribution in [3.05, 3.63) is 54.6 Å². The van der Waals surface area contributed by atoms with Crippen LogP contribution in [0.2, 0.25) is 0 Å². The SMILES string of the molecule is C=Cn1c2ccccc2c2cc(COC)ccc21. The second-order valence-electron chi connectivity index (χ2n) is 4.35. The molecule has 0 amide bonds. The van der Waals surface area contributed by atoms with E-state index in [1.54, 1.807) is 7.11 Å². The third-order valence-corrected chi connectivity index (χ3v) is 3.27. The van der Waals surface area contributed by atoms with Crippen LogP contribution in [0.5, 0.6) is 0 Å². The van der Waals surface area contributed by atoms with E-state index in [2.05, 4.69) is 53.6 Å². The lowest BCUT2D eigenvalue weighted by Crippen LogP contribution is -1.88. The summed E-state index contributed by atoms with van der Waals surface area (Å²) in [6, 6.07) is 14.8. The zero-order chi connectivity index (χ0) is 12.5. The average Bonchev–Trinajstić information content (AvgIpc) is 2.72. The number of fused-ring (bicyclic) bond motifs is 3. The molecule has 3 aromatic rings. The van der Waals surface area contributed by atoms with E-state index in [1.807, 2.05) is 6.20 Å². The van der Waals surface area contributed by atoms with Gasteiger partial charge in [0.15, 0.2) is 0 Å². The van der Waals surface area contributed by atoms with Gasteiger partial charge in [-0.2, -0.15) is 0 Å². The summed E-state index contributed by atoms with van der Waals surface area (Å²) in [5.41, 5.74) is 3.57. The molecule has 0 saturated carbocycles. The molecule has 90 valence electrons. The van der Waals surface area contributed by atoms with E-state index >= 15 is 0 Å². The maximum absolute atomic E-state index is 5.20. The fourth-order valence-corrected chi connectivity index (χ4v) is 2.50. The predicted octanol–water partition coefficient (Wildman–Crippen LogP) is 4.04. The Labute approximate surface area is 106 Å². The van der Waals surface area contributed by atoms with E-state index in [0.717, 1.165) is 0 Å². The van der Waals surface area contributed by atoms with Crippen molar-refractivity contribution in [2.24, 2.45) is 0 Å². The number of rotatable bonds is 3.